The summed E-state index contributed by atoms with van der Waals surface area (Å²) in [5.41, 5.74) is 0.868. The number of para-hydroxylation sites is 1. The highest BCUT2D eigenvalue weighted by atomic mass is 35.5. The van der Waals surface area contributed by atoms with Gasteiger partial charge in [0.05, 0.1) is 31.2 Å². The molecule has 27 heavy (non-hydrogen) atoms. The van der Waals surface area contributed by atoms with Crippen molar-refractivity contribution >= 4 is 40.8 Å². The molecular formula is C19H19ClN2O5. The molecule has 142 valence electrons. The van der Waals surface area contributed by atoms with Gasteiger partial charge in [-0.15, -0.1) is 0 Å². The van der Waals surface area contributed by atoms with Gasteiger partial charge in [0.15, 0.2) is 0 Å². The molecule has 0 unspecified atom stereocenters. The molecule has 0 bridgehead atoms. The van der Waals surface area contributed by atoms with Gasteiger partial charge in [-0.3, -0.25) is 14.5 Å². The molecule has 0 heterocycles. The second-order valence-electron chi connectivity index (χ2n) is 5.51. The van der Waals surface area contributed by atoms with Crippen LogP contribution in [0.25, 0.3) is 0 Å². The van der Waals surface area contributed by atoms with Gasteiger partial charge in [0.25, 0.3) is 0 Å². The molecule has 0 aromatic heterocycles. The summed E-state index contributed by atoms with van der Waals surface area (Å²) >= 11 is 6.02. The second kappa shape index (κ2) is 9.05. The van der Waals surface area contributed by atoms with E-state index in [9.17, 15) is 14.4 Å². The molecule has 2 aromatic carbocycles. The maximum Gasteiger partial charge on any atom is 0.339 e. The Balaban J connectivity index is 2.26. The van der Waals surface area contributed by atoms with Gasteiger partial charge < -0.3 is 14.8 Å². The highest BCUT2D eigenvalue weighted by molar-refractivity contribution is 6.31. The van der Waals surface area contributed by atoms with E-state index in [0.717, 1.165) is 0 Å². The van der Waals surface area contributed by atoms with Crippen molar-refractivity contribution in [2.24, 2.45) is 0 Å². The predicted molar refractivity (Wildman–Crippen MR) is 102 cm³/mol. The zero-order valence-corrected chi connectivity index (χ0v) is 15.9. The van der Waals surface area contributed by atoms with Crippen molar-refractivity contribution in [1.29, 1.82) is 0 Å². The molecular weight excluding hydrogens is 372 g/mol. The summed E-state index contributed by atoms with van der Waals surface area (Å²) in [5.74, 6) is -1.04. The van der Waals surface area contributed by atoms with E-state index >= 15 is 0 Å². The van der Waals surface area contributed by atoms with Gasteiger partial charge in [0.1, 0.15) is 12.3 Å². The van der Waals surface area contributed by atoms with Gasteiger partial charge in [-0.25, -0.2) is 4.79 Å². The SMILES string of the molecule is COC(=O)c1ccccc1NC(=O)CN(C(C)=O)c1cc(Cl)ccc1OC. The molecule has 0 saturated carbocycles. The monoisotopic (exact) mass is 390 g/mol. The molecule has 2 amide bonds. The summed E-state index contributed by atoms with van der Waals surface area (Å²) in [7, 11) is 2.71. The molecule has 0 spiro atoms. The first kappa shape index (κ1) is 20.3. The Labute approximate surface area is 161 Å². The topological polar surface area (TPSA) is 84.9 Å². The average molecular weight is 391 g/mol. The van der Waals surface area contributed by atoms with Gasteiger partial charge in [-0.1, -0.05) is 23.7 Å². The van der Waals surface area contributed by atoms with Crippen LogP contribution < -0.4 is 15.0 Å². The molecule has 0 saturated heterocycles. The highest BCUT2D eigenvalue weighted by Crippen LogP contribution is 2.31. The second-order valence-corrected chi connectivity index (χ2v) is 5.94. The number of rotatable bonds is 6. The molecule has 7 nitrogen and oxygen atoms in total. The predicted octanol–water partition coefficient (Wildman–Crippen LogP) is 3.13. The van der Waals surface area contributed by atoms with E-state index in [-0.39, 0.29) is 23.7 Å². The fourth-order valence-electron chi connectivity index (χ4n) is 2.45. The first-order chi connectivity index (χ1) is 12.9. The van der Waals surface area contributed by atoms with E-state index in [1.165, 1.54) is 38.2 Å². The minimum atomic E-state index is -0.578. The fraction of sp³-hybridized carbons (Fsp3) is 0.211. The Morgan fingerprint density at radius 1 is 1.11 bits per heavy atom. The number of hydrogen-bond donors (Lipinski definition) is 1. The number of carbonyl (C=O) groups is 3. The Bertz CT molecular complexity index is 869. The zero-order chi connectivity index (χ0) is 20.0. The van der Waals surface area contributed by atoms with Crippen LogP contribution in [0.4, 0.5) is 11.4 Å². The van der Waals surface area contributed by atoms with Crippen LogP contribution in [0.3, 0.4) is 0 Å². The summed E-state index contributed by atoms with van der Waals surface area (Å²) < 4.78 is 9.96. The Morgan fingerprint density at radius 3 is 2.44 bits per heavy atom. The average Bonchev–Trinajstić information content (AvgIpc) is 2.65. The molecule has 0 aliphatic rings. The van der Waals surface area contributed by atoms with E-state index in [0.29, 0.717) is 16.5 Å². The Hall–Kier alpha value is -3.06. The molecule has 2 aromatic rings. The largest absolute Gasteiger partial charge is 0.495 e. The first-order valence-corrected chi connectivity index (χ1v) is 8.34. The third-order valence-corrected chi connectivity index (χ3v) is 3.96. The number of nitrogens with one attached hydrogen (secondary N) is 1. The lowest BCUT2D eigenvalue weighted by Crippen LogP contribution is -2.37. The number of hydrogen-bond acceptors (Lipinski definition) is 5. The number of carbonyl (C=O) groups excluding carboxylic acids is 3. The maximum absolute atomic E-state index is 12.5. The van der Waals surface area contributed by atoms with E-state index in [1.54, 1.807) is 30.3 Å². The van der Waals surface area contributed by atoms with Crippen molar-refractivity contribution in [3.8, 4) is 5.75 Å². The smallest absolute Gasteiger partial charge is 0.339 e. The van der Waals surface area contributed by atoms with Crippen LogP contribution in [0.2, 0.25) is 5.02 Å². The van der Waals surface area contributed by atoms with Crippen molar-refractivity contribution in [2.45, 2.75) is 6.92 Å². The number of benzene rings is 2. The van der Waals surface area contributed by atoms with Crippen molar-refractivity contribution in [3.05, 3.63) is 53.1 Å². The number of ether oxygens (including phenoxy) is 2. The Morgan fingerprint density at radius 2 is 1.81 bits per heavy atom. The van der Waals surface area contributed by atoms with Crippen molar-refractivity contribution in [3.63, 3.8) is 0 Å². The van der Waals surface area contributed by atoms with E-state index < -0.39 is 11.9 Å². The fourth-order valence-corrected chi connectivity index (χ4v) is 2.62. The zero-order valence-electron chi connectivity index (χ0n) is 15.1. The van der Waals surface area contributed by atoms with Crippen molar-refractivity contribution in [1.82, 2.24) is 0 Å². The number of anilines is 2. The van der Waals surface area contributed by atoms with Gasteiger partial charge in [-0.05, 0) is 30.3 Å². The molecule has 0 radical (unpaired) electrons. The minimum absolute atomic E-state index is 0.211. The molecule has 8 heteroatoms. The van der Waals surface area contributed by atoms with E-state index in [4.69, 9.17) is 21.1 Å². The lowest BCUT2D eigenvalue weighted by molar-refractivity contribution is -0.120. The van der Waals surface area contributed by atoms with Crippen LogP contribution >= 0.6 is 11.6 Å². The van der Waals surface area contributed by atoms with Crippen molar-refractivity contribution < 1.29 is 23.9 Å². The lowest BCUT2D eigenvalue weighted by atomic mass is 10.1. The van der Waals surface area contributed by atoms with Crippen LogP contribution in [-0.4, -0.2) is 38.5 Å². The van der Waals surface area contributed by atoms with Gasteiger partial charge >= 0.3 is 5.97 Å². The molecule has 0 atom stereocenters. The molecule has 0 fully saturated rings. The summed E-state index contributed by atoms with van der Waals surface area (Å²) in [5, 5.41) is 3.02. The quantitative estimate of drug-likeness (QED) is 0.766. The minimum Gasteiger partial charge on any atom is -0.495 e. The number of methoxy groups -OCH3 is 2. The highest BCUT2D eigenvalue weighted by Gasteiger charge is 2.21. The van der Waals surface area contributed by atoms with Crippen molar-refractivity contribution in [2.75, 3.05) is 31.0 Å². The van der Waals surface area contributed by atoms with Gasteiger partial charge in [0, 0.05) is 11.9 Å². The number of esters is 1. The molecule has 0 aliphatic carbocycles. The number of amides is 2. The Kier molecular flexibility index (Phi) is 6.79. The van der Waals surface area contributed by atoms with Crippen LogP contribution in [0.5, 0.6) is 5.75 Å². The van der Waals surface area contributed by atoms with Crippen LogP contribution in [0.15, 0.2) is 42.5 Å². The van der Waals surface area contributed by atoms with Crippen LogP contribution in [0, 0.1) is 0 Å². The van der Waals surface area contributed by atoms with Gasteiger partial charge in [0.2, 0.25) is 11.8 Å². The lowest BCUT2D eigenvalue weighted by Gasteiger charge is -2.23. The van der Waals surface area contributed by atoms with Crippen LogP contribution in [-0.2, 0) is 14.3 Å². The van der Waals surface area contributed by atoms with E-state index in [2.05, 4.69) is 5.32 Å². The number of halogens is 1. The first-order valence-electron chi connectivity index (χ1n) is 7.96. The molecule has 0 aliphatic heterocycles. The standard InChI is InChI=1S/C19H19ClN2O5/c1-12(23)22(16-10-13(20)8-9-17(16)26-2)11-18(24)21-15-7-5-4-6-14(15)19(25)27-3/h4-10H,11H2,1-3H3,(H,21,24). The normalized spacial score (nSPS) is 10.1. The summed E-state index contributed by atoms with van der Waals surface area (Å²) in [6.45, 7) is 1.04. The third-order valence-electron chi connectivity index (χ3n) is 3.72. The van der Waals surface area contributed by atoms with Gasteiger partial charge in [-0.2, -0.15) is 0 Å². The molecule has 1 N–H and O–H groups in total. The summed E-state index contributed by atoms with van der Waals surface area (Å²) in [4.78, 5) is 37.7. The van der Waals surface area contributed by atoms with Crippen LogP contribution in [0.1, 0.15) is 17.3 Å². The number of nitrogens with zero attached hydrogens (tertiary/aromatic N) is 1. The van der Waals surface area contributed by atoms with E-state index in [1.807, 2.05) is 0 Å². The summed E-state index contributed by atoms with van der Waals surface area (Å²) in [6, 6.07) is 11.2. The third kappa shape index (κ3) is 4.98. The molecule has 2 rings (SSSR count). The maximum atomic E-state index is 12.5. The summed E-state index contributed by atoms with van der Waals surface area (Å²) in [6.07, 6.45) is 0.